The molecular weight excluding hydrogens is 298 g/mol. The predicted octanol–water partition coefficient (Wildman–Crippen LogP) is 2.93. The number of hydrogen-bond donors (Lipinski definition) is 1. The summed E-state index contributed by atoms with van der Waals surface area (Å²) >= 11 is 0. The summed E-state index contributed by atoms with van der Waals surface area (Å²) in [6.45, 7) is 4.47. The Morgan fingerprint density at radius 3 is 2.82 bits per heavy atom. The molecule has 3 rings (SSSR count). The quantitative estimate of drug-likeness (QED) is 0.941. The number of aryl methyl sites for hydroxylation is 1. The molecular formula is C17H22ClN3O. The average Bonchev–Trinajstić information content (AvgIpc) is 2.98. The summed E-state index contributed by atoms with van der Waals surface area (Å²) in [6.07, 6.45) is 3.03. The number of para-hydroxylation sites is 1. The highest BCUT2D eigenvalue weighted by atomic mass is 35.5. The Kier molecular flexibility index (Phi) is 5.63. The third-order valence-electron chi connectivity index (χ3n) is 3.87. The normalized spacial score (nSPS) is 17.2. The highest BCUT2D eigenvalue weighted by molar-refractivity contribution is 5.85. The van der Waals surface area contributed by atoms with E-state index >= 15 is 0 Å². The van der Waals surface area contributed by atoms with Crippen LogP contribution in [0.3, 0.4) is 0 Å². The lowest BCUT2D eigenvalue weighted by Gasteiger charge is -2.21. The van der Waals surface area contributed by atoms with Gasteiger partial charge in [-0.2, -0.15) is 0 Å². The molecule has 1 saturated heterocycles. The van der Waals surface area contributed by atoms with Crippen LogP contribution in [0.4, 0.5) is 5.69 Å². The lowest BCUT2D eigenvalue weighted by Crippen LogP contribution is -2.25. The topological polar surface area (TPSA) is 51.4 Å². The van der Waals surface area contributed by atoms with E-state index in [0.717, 1.165) is 25.1 Å². The molecule has 118 valence electrons. The molecule has 0 aliphatic carbocycles. The van der Waals surface area contributed by atoms with E-state index in [1.807, 2.05) is 31.3 Å². The van der Waals surface area contributed by atoms with Crippen molar-refractivity contribution in [3.63, 3.8) is 0 Å². The first-order valence-corrected chi connectivity index (χ1v) is 7.38. The van der Waals surface area contributed by atoms with Crippen molar-refractivity contribution in [2.75, 3.05) is 18.0 Å². The molecule has 0 bridgehead atoms. The van der Waals surface area contributed by atoms with Crippen LogP contribution in [-0.4, -0.2) is 24.2 Å². The number of nitrogens with zero attached hydrogens (tertiary/aromatic N) is 2. The maximum atomic E-state index is 5.97. The Morgan fingerprint density at radius 2 is 2.09 bits per heavy atom. The highest BCUT2D eigenvalue weighted by Crippen LogP contribution is 2.26. The van der Waals surface area contributed by atoms with Crippen LogP contribution in [0, 0.1) is 6.92 Å². The third kappa shape index (κ3) is 3.70. The van der Waals surface area contributed by atoms with Gasteiger partial charge in [-0.25, -0.2) is 4.98 Å². The number of benzene rings is 1. The smallest absolute Gasteiger partial charge is 0.213 e. The van der Waals surface area contributed by atoms with Gasteiger partial charge in [-0.05, 0) is 24.1 Å². The largest absolute Gasteiger partial charge is 0.472 e. The van der Waals surface area contributed by atoms with E-state index < -0.39 is 0 Å². The number of rotatable bonds is 4. The summed E-state index contributed by atoms with van der Waals surface area (Å²) < 4.78 is 5.97. The zero-order valence-electron chi connectivity index (χ0n) is 12.7. The van der Waals surface area contributed by atoms with Gasteiger partial charge >= 0.3 is 0 Å². The van der Waals surface area contributed by atoms with Gasteiger partial charge in [0.25, 0.3) is 0 Å². The van der Waals surface area contributed by atoms with Gasteiger partial charge in [0.2, 0.25) is 5.88 Å². The van der Waals surface area contributed by atoms with Gasteiger partial charge in [-0.15, -0.1) is 12.4 Å². The fourth-order valence-corrected chi connectivity index (χ4v) is 2.73. The van der Waals surface area contributed by atoms with Crippen LogP contribution in [0.15, 0.2) is 42.6 Å². The van der Waals surface area contributed by atoms with Crippen LogP contribution >= 0.6 is 12.4 Å². The van der Waals surface area contributed by atoms with E-state index in [4.69, 9.17) is 10.5 Å². The Labute approximate surface area is 137 Å². The summed E-state index contributed by atoms with van der Waals surface area (Å²) in [4.78, 5) is 6.66. The summed E-state index contributed by atoms with van der Waals surface area (Å²) in [5.74, 6) is 0.708. The van der Waals surface area contributed by atoms with Crippen molar-refractivity contribution >= 4 is 18.1 Å². The van der Waals surface area contributed by atoms with Gasteiger partial charge in [-0.1, -0.05) is 24.3 Å². The van der Waals surface area contributed by atoms with Crippen LogP contribution in [0.1, 0.15) is 17.5 Å². The van der Waals surface area contributed by atoms with Crippen LogP contribution in [-0.2, 0) is 6.54 Å². The molecule has 4 nitrogen and oxygen atoms in total. The lowest BCUT2D eigenvalue weighted by atomic mass is 10.1. The molecule has 1 atom stereocenters. The fourth-order valence-electron chi connectivity index (χ4n) is 2.73. The second kappa shape index (κ2) is 7.47. The minimum absolute atomic E-state index is 0. The van der Waals surface area contributed by atoms with Gasteiger partial charge in [0, 0.05) is 37.5 Å². The molecule has 2 aromatic rings. The molecule has 2 N–H and O–H groups in total. The summed E-state index contributed by atoms with van der Waals surface area (Å²) in [7, 11) is 0. The third-order valence-corrected chi connectivity index (χ3v) is 3.87. The minimum Gasteiger partial charge on any atom is -0.472 e. The van der Waals surface area contributed by atoms with Crippen molar-refractivity contribution in [2.45, 2.75) is 26.0 Å². The van der Waals surface area contributed by atoms with Crippen LogP contribution in [0.5, 0.6) is 5.88 Å². The Balaban J connectivity index is 0.00000176. The number of halogens is 1. The number of hydrogen-bond acceptors (Lipinski definition) is 4. The van der Waals surface area contributed by atoms with E-state index in [1.54, 1.807) is 0 Å². The fraction of sp³-hybridized carbons (Fsp3) is 0.353. The van der Waals surface area contributed by atoms with E-state index in [1.165, 1.54) is 11.3 Å². The first-order chi connectivity index (χ1) is 10.3. The van der Waals surface area contributed by atoms with Crippen molar-refractivity contribution in [2.24, 2.45) is 5.73 Å². The molecule has 0 unspecified atom stereocenters. The van der Waals surface area contributed by atoms with Crippen molar-refractivity contribution in [3.05, 3.63) is 53.7 Å². The highest BCUT2D eigenvalue weighted by Gasteiger charge is 2.25. The first-order valence-electron chi connectivity index (χ1n) is 7.38. The molecule has 2 heterocycles. The SMILES string of the molecule is Cc1ccc(O[C@H]2CCN(c3ccccc3CN)C2)nc1.Cl. The molecule has 0 amide bonds. The maximum absolute atomic E-state index is 5.97. The number of ether oxygens (including phenoxy) is 1. The van der Waals surface area contributed by atoms with Gasteiger partial charge < -0.3 is 15.4 Å². The Hall–Kier alpha value is -1.78. The zero-order chi connectivity index (χ0) is 14.7. The van der Waals surface area contributed by atoms with Crippen LogP contribution in [0.25, 0.3) is 0 Å². The predicted molar refractivity (Wildman–Crippen MR) is 91.8 cm³/mol. The van der Waals surface area contributed by atoms with Crippen LogP contribution in [0.2, 0.25) is 0 Å². The van der Waals surface area contributed by atoms with E-state index in [-0.39, 0.29) is 18.5 Å². The van der Waals surface area contributed by atoms with Gasteiger partial charge in [-0.3, -0.25) is 0 Å². The van der Waals surface area contributed by atoms with Crippen molar-refractivity contribution in [1.29, 1.82) is 0 Å². The molecule has 0 spiro atoms. The molecule has 1 aliphatic heterocycles. The van der Waals surface area contributed by atoms with Crippen LogP contribution < -0.4 is 15.4 Å². The molecule has 1 aromatic heterocycles. The van der Waals surface area contributed by atoms with E-state index in [0.29, 0.717) is 12.4 Å². The summed E-state index contributed by atoms with van der Waals surface area (Å²) in [5.41, 5.74) is 9.38. The molecule has 0 radical (unpaired) electrons. The average molecular weight is 320 g/mol. The zero-order valence-corrected chi connectivity index (χ0v) is 13.6. The molecule has 22 heavy (non-hydrogen) atoms. The Bertz CT molecular complexity index is 603. The number of nitrogens with two attached hydrogens (primary N) is 1. The molecule has 1 aromatic carbocycles. The summed E-state index contributed by atoms with van der Waals surface area (Å²) in [5, 5.41) is 0. The second-order valence-corrected chi connectivity index (χ2v) is 5.48. The van der Waals surface area contributed by atoms with E-state index in [2.05, 4.69) is 28.1 Å². The Morgan fingerprint density at radius 1 is 1.27 bits per heavy atom. The second-order valence-electron chi connectivity index (χ2n) is 5.48. The monoisotopic (exact) mass is 319 g/mol. The van der Waals surface area contributed by atoms with Crippen molar-refractivity contribution in [1.82, 2.24) is 4.98 Å². The van der Waals surface area contributed by atoms with E-state index in [9.17, 15) is 0 Å². The van der Waals surface area contributed by atoms with Gasteiger partial charge in [0.15, 0.2) is 0 Å². The standard InChI is InChI=1S/C17H21N3O.ClH/c1-13-6-7-17(19-11-13)21-15-8-9-20(12-15)16-5-3-2-4-14(16)10-18;/h2-7,11,15H,8-10,12,18H2,1H3;1H/t15-;/m0./s1. The van der Waals surface area contributed by atoms with Crippen molar-refractivity contribution in [3.8, 4) is 5.88 Å². The summed E-state index contributed by atoms with van der Waals surface area (Å²) in [6, 6.07) is 12.3. The maximum Gasteiger partial charge on any atom is 0.213 e. The first kappa shape index (κ1) is 16.6. The molecule has 1 fully saturated rings. The number of anilines is 1. The molecule has 5 heteroatoms. The van der Waals surface area contributed by atoms with Gasteiger partial charge in [0.1, 0.15) is 6.10 Å². The molecule has 1 aliphatic rings. The van der Waals surface area contributed by atoms with Crippen molar-refractivity contribution < 1.29 is 4.74 Å². The minimum atomic E-state index is 0. The lowest BCUT2D eigenvalue weighted by molar-refractivity contribution is 0.216. The number of aromatic nitrogens is 1. The number of pyridine rings is 1. The molecule has 0 saturated carbocycles. The van der Waals surface area contributed by atoms with Gasteiger partial charge in [0.05, 0.1) is 6.54 Å².